The number of anilines is 1. The molecule has 1 saturated heterocycles. The molecule has 6 rings (SSSR count). The maximum atomic E-state index is 13.8. The number of carbonyl (C=O) groups excluding carboxylic acids is 1. The summed E-state index contributed by atoms with van der Waals surface area (Å²) in [6.45, 7) is 3.02. The predicted octanol–water partition coefficient (Wildman–Crippen LogP) is 4.99. The highest BCUT2D eigenvalue weighted by Crippen LogP contribution is 2.43. The van der Waals surface area contributed by atoms with Crippen molar-refractivity contribution in [3.63, 3.8) is 0 Å². The second-order valence-corrected chi connectivity index (χ2v) is 11.0. The Balaban J connectivity index is 1.46. The van der Waals surface area contributed by atoms with Crippen molar-refractivity contribution < 1.29 is 32.2 Å². The molecule has 3 aromatic rings. The molecule has 0 saturated carbocycles. The summed E-state index contributed by atoms with van der Waals surface area (Å²) in [7, 11) is -3.97. The lowest BCUT2D eigenvalue weighted by Gasteiger charge is -2.30. The minimum absolute atomic E-state index is 0.0541. The summed E-state index contributed by atoms with van der Waals surface area (Å²) in [4.78, 5) is 13.0. The third-order valence-corrected chi connectivity index (χ3v) is 8.50. The van der Waals surface area contributed by atoms with E-state index in [0.717, 1.165) is 12.8 Å². The topological polar surface area (TPSA) is 103 Å². The second-order valence-electron chi connectivity index (χ2n) is 9.05. The van der Waals surface area contributed by atoms with E-state index in [9.17, 15) is 13.2 Å². The molecule has 1 fully saturated rings. The standard InChI is InChI=1S/C26H24N2O7S/c1-16-8-10-28(11-9-16)36(30,31)25-13-18-22(35-20-5-3-2-4-19(20)27-26(18)29)14-24(25)34-17-6-7-21-23(12-17)33-15-32-21/h2-7,12-14,16H,8-11,15H2,1H3,(H,27,29). The van der Waals surface area contributed by atoms with Crippen LogP contribution >= 0.6 is 0 Å². The molecule has 0 radical (unpaired) electrons. The minimum Gasteiger partial charge on any atom is -0.456 e. The van der Waals surface area contributed by atoms with E-state index in [1.165, 1.54) is 16.4 Å². The summed E-state index contributed by atoms with van der Waals surface area (Å²) in [5.74, 6) is 2.12. The average molecular weight is 509 g/mol. The van der Waals surface area contributed by atoms with Crippen LogP contribution in [0.25, 0.3) is 0 Å². The van der Waals surface area contributed by atoms with Gasteiger partial charge in [0.2, 0.25) is 16.8 Å². The molecular formula is C26H24N2O7S. The van der Waals surface area contributed by atoms with E-state index in [-0.39, 0.29) is 28.8 Å². The summed E-state index contributed by atoms with van der Waals surface area (Å²) in [5, 5.41) is 2.80. The number of ether oxygens (including phenoxy) is 4. The van der Waals surface area contributed by atoms with Gasteiger partial charge in [-0.05, 0) is 49.1 Å². The molecule has 36 heavy (non-hydrogen) atoms. The Morgan fingerprint density at radius 2 is 1.72 bits per heavy atom. The van der Waals surface area contributed by atoms with Gasteiger partial charge < -0.3 is 24.3 Å². The number of piperidine rings is 1. The van der Waals surface area contributed by atoms with Gasteiger partial charge in [-0.25, -0.2) is 8.42 Å². The molecule has 9 nitrogen and oxygen atoms in total. The molecule has 0 spiro atoms. The number of rotatable bonds is 4. The third kappa shape index (κ3) is 4.02. The largest absolute Gasteiger partial charge is 0.456 e. The van der Waals surface area contributed by atoms with Gasteiger partial charge in [0.05, 0.1) is 11.3 Å². The van der Waals surface area contributed by atoms with Gasteiger partial charge in [0.25, 0.3) is 5.91 Å². The van der Waals surface area contributed by atoms with Gasteiger partial charge in [0.1, 0.15) is 16.4 Å². The zero-order valence-electron chi connectivity index (χ0n) is 19.5. The summed E-state index contributed by atoms with van der Waals surface area (Å²) in [6, 6.07) is 14.8. The van der Waals surface area contributed by atoms with Gasteiger partial charge in [-0.15, -0.1) is 0 Å². The molecule has 10 heteroatoms. The fraction of sp³-hybridized carbons (Fsp3) is 0.269. The zero-order chi connectivity index (χ0) is 24.9. The van der Waals surface area contributed by atoms with Crippen molar-refractivity contribution in [2.45, 2.75) is 24.7 Å². The maximum absolute atomic E-state index is 13.8. The van der Waals surface area contributed by atoms with Crippen molar-refractivity contribution in [1.82, 2.24) is 4.31 Å². The smallest absolute Gasteiger partial charge is 0.259 e. The van der Waals surface area contributed by atoms with Crippen LogP contribution in [0.1, 0.15) is 30.1 Å². The number of hydrogen-bond donors (Lipinski definition) is 1. The van der Waals surface area contributed by atoms with Crippen molar-refractivity contribution in [1.29, 1.82) is 0 Å². The first-order valence-electron chi connectivity index (χ1n) is 11.7. The Labute approximate surface area is 208 Å². The van der Waals surface area contributed by atoms with Crippen LogP contribution in [0.5, 0.6) is 34.5 Å². The summed E-state index contributed by atoms with van der Waals surface area (Å²) in [6.07, 6.45) is 1.53. The minimum atomic E-state index is -3.97. The Morgan fingerprint density at radius 3 is 2.56 bits per heavy atom. The van der Waals surface area contributed by atoms with Crippen LogP contribution in [0, 0.1) is 5.92 Å². The number of nitrogens with zero attached hydrogens (tertiary/aromatic N) is 1. The van der Waals surface area contributed by atoms with Crippen LogP contribution in [-0.4, -0.2) is 38.5 Å². The van der Waals surface area contributed by atoms with Crippen LogP contribution in [0.3, 0.4) is 0 Å². The highest BCUT2D eigenvalue weighted by molar-refractivity contribution is 7.89. The molecule has 0 aliphatic carbocycles. The lowest BCUT2D eigenvalue weighted by Crippen LogP contribution is -2.38. The van der Waals surface area contributed by atoms with Crippen LogP contribution in [0.2, 0.25) is 0 Å². The maximum Gasteiger partial charge on any atom is 0.259 e. The van der Waals surface area contributed by atoms with Gasteiger partial charge in [-0.1, -0.05) is 19.1 Å². The Morgan fingerprint density at radius 1 is 0.944 bits per heavy atom. The molecule has 3 aromatic carbocycles. The van der Waals surface area contributed by atoms with E-state index in [1.54, 1.807) is 42.5 Å². The van der Waals surface area contributed by atoms with Gasteiger partial charge in [-0.3, -0.25) is 4.79 Å². The fourth-order valence-electron chi connectivity index (χ4n) is 4.48. The first-order chi connectivity index (χ1) is 17.4. The molecule has 0 unspecified atom stereocenters. The van der Waals surface area contributed by atoms with E-state index in [1.807, 2.05) is 0 Å². The van der Waals surface area contributed by atoms with E-state index in [2.05, 4.69) is 12.2 Å². The van der Waals surface area contributed by atoms with Crippen molar-refractivity contribution in [2.24, 2.45) is 5.92 Å². The molecule has 186 valence electrons. The molecular weight excluding hydrogens is 484 g/mol. The van der Waals surface area contributed by atoms with Crippen LogP contribution < -0.4 is 24.3 Å². The quantitative estimate of drug-likeness (QED) is 0.530. The summed E-state index contributed by atoms with van der Waals surface area (Å²) >= 11 is 0. The number of benzene rings is 3. The Bertz CT molecular complexity index is 1460. The van der Waals surface area contributed by atoms with Crippen molar-refractivity contribution >= 4 is 21.6 Å². The van der Waals surface area contributed by atoms with Gasteiger partial charge >= 0.3 is 0 Å². The first kappa shape index (κ1) is 22.7. The molecule has 3 aliphatic heterocycles. The first-order valence-corrected chi connectivity index (χ1v) is 13.2. The summed E-state index contributed by atoms with van der Waals surface area (Å²) < 4.78 is 52.0. The number of hydrogen-bond acceptors (Lipinski definition) is 7. The predicted molar refractivity (Wildman–Crippen MR) is 131 cm³/mol. The lowest BCUT2D eigenvalue weighted by molar-refractivity contribution is 0.102. The second kappa shape index (κ2) is 8.72. The normalized spacial score (nSPS) is 17.4. The summed E-state index contributed by atoms with van der Waals surface area (Å²) in [5.41, 5.74) is 0.597. The fourth-order valence-corrected chi connectivity index (χ4v) is 6.07. The van der Waals surface area contributed by atoms with E-state index in [0.29, 0.717) is 47.7 Å². The third-order valence-electron chi connectivity index (χ3n) is 6.58. The van der Waals surface area contributed by atoms with Crippen molar-refractivity contribution in [3.8, 4) is 34.5 Å². The molecule has 0 atom stereocenters. The molecule has 0 aromatic heterocycles. The van der Waals surface area contributed by atoms with Crippen molar-refractivity contribution in [2.75, 3.05) is 25.2 Å². The SMILES string of the molecule is CC1CCN(S(=O)(=O)c2cc3c(cc2Oc2ccc4c(c2)OCO4)Oc2ccccc2NC3=O)CC1. The Kier molecular flexibility index (Phi) is 5.50. The molecule has 1 amide bonds. The lowest BCUT2D eigenvalue weighted by atomic mass is 10.0. The van der Waals surface area contributed by atoms with Gasteiger partial charge in [-0.2, -0.15) is 4.31 Å². The number of para-hydroxylation sites is 2. The van der Waals surface area contributed by atoms with Crippen LogP contribution in [0.15, 0.2) is 59.5 Å². The highest BCUT2D eigenvalue weighted by atomic mass is 32.2. The number of nitrogens with one attached hydrogen (secondary N) is 1. The number of fused-ring (bicyclic) bond motifs is 3. The van der Waals surface area contributed by atoms with Crippen molar-refractivity contribution in [3.05, 3.63) is 60.2 Å². The van der Waals surface area contributed by atoms with E-state index < -0.39 is 15.9 Å². The van der Waals surface area contributed by atoms with Gasteiger partial charge in [0.15, 0.2) is 23.0 Å². The van der Waals surface area contributed by atoms with E-state index >= 15 is 0 Å². The monoisotopic (exact) mass is 508 g/mol. The average Bonchev–Trinajstić information content (AvgIpc) is 3.28. The van der Waals surface area contributed by atoms with E-state index in [4.69, 9.17) is 18.9 Å². The van der Waals surface area contributed by atoms with Gasteiger partial charge in [0, 0.05) is 25.2 Å². The molecule has 1 N–H and O–H groups in total. The number of carbonyl (C=O) groups is 1. The number of amides is 1. The molecule has 0 bridgehead atoms. The highest BCUT2D eigenvalue weighted by Gasteiger charge is 2.34. The Hall–Kier alpha value is -3.76. The van der Waals surface area contributed by atoms with Crippen LogP contribution in [0.4, 0.5) is 5.69 Å². The molecule has 3 heterocycles. The zero-order valence-corrected chi connectivity index (χ0v) is 20.3. The van der Waals surface area contributed by atoms with Crippen LogP contribution in [-0.2, 0) is 10.0 Å². The molecule has 3 aliphatic rings. The number of sulfonamides is 1.